The minimum Gasteiger partial charge on any atom is -0.373 e. The minimum absolute atomic E-state index is 0.288. The number of thiol groups is 8. The molecule has 0 saturated carbocycles. The first-order chi connectivity index (χ1) is 34.3. The highest BCUT2D eigenvalue weighted by Crippen LogP contribution is 2.98. The lowest BCUT2D eigenvalue weighted by atomic mass is 10.0. The third-order valence-corrected chi connectivity index (χ3v) is 75.3. The lowest BCUT2D eigenvalue weighted by molar-refractivity contribution is 0.0763. The first kappa shape index (κ1) is 75.7. The molecule has 438 valence electrons. The van der Waals surface area contributed by atoms with Crippen LogP contribution in [0.5, 0.6) is 0 Å². The summed E-state index contributed by atoms with van der Waals surface area (Å²) in [6, 6.07) is 0. The summed E-state index contributed by atoms with van der Waals surface area (Å²) >= 11 is 46.4. The fourth-order valence-electron chi connectivity index (χ4n) is 8.80. The summed E-state index contributed by atoms with van der Waals surface area (Å²) < 4.78 is 80.9. The van der Waals surface area contributed by atoms with E-state index in [0.29, 0.717) is 108 Å². The van der Waals surface area contributed by atoms with Gasteiger partial charge in [0, 0.05) is 84.2 Å². The summed E-state index contributed by atoms with van der Waals surface area (Å²) in [4.78, 5) is 2.10. The SMILES string of the molecule is CCO[Si](CS(S)(SS)/C1=C(\S(S)(C[Si](OCC)(OCC)OCC)SS)C(S(S)(C[Si](OCC)(OCC)OCC)SS)(S(S)(C[Si](OCC)(OCC)OCC)SS)CCCCCCCCC1)(OCC)OCC. The average Bonchev–Trinajstić information content (AvgIpc) is 3.32. The Hall–Kier alpha value is 5.73. The van der Waals surface area contributed by atoms with Gasteiger partial charge < -0.3 is 53.1 Å². The monoisotopic (exact) mass is 1390 g/mol. The summed E-state index contributed by atoms with van der Waals surface area (Å²) in [5.74, 6) is 0. The molecule has 0 amide bonds. The normalized spacial score (nSPS) is 23.6. The summed E-state index contributed by atoms with van der Waals surface area (Å²) in [6.07, 6.45) is 8.08. The molecule has 0 N–H and O–H groups in total. The minimum atomic E-state index is -3.64. The molecular formula is C40H94O12S16Si4. The summed E-state index contributed by atoms with van der Waals surface area (Å²) in [5.41, 5.74) is 0. The first-order valence-corrected chi connectivity index (χ1v) is 53.8. The van der Waals surface area contributed by atoms with Crippen LogP contribution >= 0.6 is 165 Å². The number of hydrogen-bond acceptors (Lipinski definition) is 24. The lowest BCUT2D eigenvalue weighted by Gasteiger charge is -2.66. The van der Waals surface area contributed by atoms with E-state index in [4.69, 9.17) is 146 Å². The zero-order valence-corrected chi connectivity index (χ0v) is 62.6. The van der Waals surface area contributed by atoms with Crippen molar-refractivity contribution in [3.8, 4) is 0 Å². The number of allylic oxidation sites excluding steroid dienone is 1. The topological polar surface area (TPSA) is 111 Å². The maximum Gasteiger partial charge on any atom is 0.511 e. The molecule has 1 aliphatic rings. The smallest absolute Gasteiger partial charge is 0.373 e. The molecule has 0 aromatic carbocycles. The predicted octanol–water partition coefficient (Wildman–Crippen LogP) is 16.3. The molecule has 0 aliphatic heterocycles. The highest BCUT2D eigenvalue weighted by atomic mass is 33.7. The second-order valence-electron chi connectivity index (χ2n) is 15.8. The van der Waals surface area contributed by atoms with Crippen molar-refractivity contribution in [2.75, 3.05) is 101 Å². The Morgan fingerprint density at radius 2 is 0.611 bits per heavy atom. The van der Waals surface area contributed by atoms with E-state index in [1.165, 1.54) is 39.3 Å². The van der Waals surface area contributed by atoms with Crippen molar-refractivity contribution in [1.29, 1.82) is 0 Å². The Labute approximate surface area is 502 Å². The van der Waals surface area contributed by atoms with Gasteiger partial charge in [-0.3, -0.25) is 0 Å². The van der Waals surface area contributed by atoms with Gasteiger partial charge in [-0.1, -0.05) is 38.5 Å². The van der Waals surface area contributed by atoms with Gasteiger partial charge in [0.15, 0.2) is 0 Å². The van der Waals surface area contributed by atoms with Gasteiger partial charge in [0.1, 0.15) is 0 Å². The second kappa shape index (κ2) is 38.6. The van der Waals surface area contributed by atoms with E-state index >= 15 is 0 Å². The van der Waals surface area contributed by atoms with E-state index in [1.807, 2.05) is 83.1 Å². The number of rotatable bonds is 40. The maximum atomic E-state index is 6.87. The molecule has 0 aromatic rings. The molecule has 0 radical (unpaired) electrons. The second-order valence-corrected chi connectivity index (χ2v) is 62.1. The summed E-state index contributed by atoms with van der Waals surface area (Å²) in [6.45, 7) is 28.2. The van der Waals surface area contributed by atoms with Crippen molar-refractivity contribution in [1.82, 2.24) is 0 Å². The van der Waals surface area contributed by atoms with Crippen LogP contribution in [0.25, 0.3) is 0 Å². The van der Waals surface area contributed by atoms with Gasteiger partial charge in [-0.05, 0) is 147 Å². The lowest BCUT2D eigenvalue weighted by Crippen LogP contribution is -2.57. The fraction of sp³-hybridized carbons (Fsp3) is 0.950. The van der Waals surface area contributed by atoms with E-state index < -0.39 is 71.7 Å². The fourth-order valence-corrected chi connectivity index (χ4v) is 78.2. The standard InChI is InChI=1S/C40H94O12S16Si4/c1-13-41-69(42-14-2,43-15-3)34-65(57,61-53)38-32-30-28-26-25-27-29-31-33-40(67(59,63-55)36-71(47-19-7,48-20-8)49-21-9,68(60,64-56)37-72(50-22-10,51-23-11)52-24-12)39(38)66(58,62-54)35-70(44-16-4,45-17-5)46-18-6/h53-60H,13-37H2,1-12H3/b39-38-. The third-order valence-electron chi connectivity index (χ3n) is 11.1. The Kier molecular flexibility index (Phi) is 40.6. The van der Waals surface area contributed by atoms with E-state index in [9.17, 15) is 0 Å². The van der Waals surface area contributed by atoms with Crippen molar-refractivity contribution < 1.29 is 53.1 Å². The van der Waals surface area contributed by atoms with Crippen LogP contribution in [0.15, 0.2) is 9.81 Å². The largest absolute Gasteiger partial charge is 0.511 e. The van der Waals surface area contributed by atoms with Crippen LogP contribution in [-0.4, -0.2) is 140 Å². The van der Waals surface area contributed by atoms with Crippen LogP contribution in [0.4, 0.5) is 0 Å². The molecule has 0 spiro atoms. The van der Waals surface area contributed by atoms with Crippen LogP contribution < -0.4 is 0 Å². The molecule has 1 aliphatic carbocycles. The third kappa shape index (κ3) is 20.8. The molecule has 0 saturated heterocycles. The molecule has 32 heteroatoms. The van der Waals surface area contributed by atoms with Crippen LogP contribution in [-0.2, 0) is 53.1 Å². The molecule has 4 unspecified atom stereocenters. The zero-order chi connectivity index (χ0) is 54.6. The van der Waals surface area contributed by atoms with E-state index in [1.54, 1.807) is 0 Å². The summed E-state index contributed by atoms with van der Waals surface area (Å²) in [7, 11) is -19.3. The van der Waals surface area contributed by atoms with Gasteiger partial charge in [-0.15, -0.1) is 126 Å². The van der Waals surface area contributed by atoms with Crippen LogP contribution in [0.1, 0.15) is 141 Å². The highest BCUT2D eigenvalue weighted by molar-refractivity contribution is 9.42. The molecule has 0 fully saturated rings. The predicted molar refractivity (Wildman–Crippen MR) is 366 cm³/mol. The molecule has 72 heavy (non-hydrogen) atoms. The van der Waals surface area contributed by atoms with Crippen LogP contribution in [0.2, 0.25) is 0 Å². The quantitative estimate of drug-likeness (QED) is 0.0169. The molecule has 0 aromatic heterocycles. The van der Waals surface area contributed by atoms with Gasteiger partial charge in [-0.25, -0.2) is 0 Å². The van der Waals surface area contributed by atoms with Crippen molar-refractivity contribution in [3.05, 3.63) is 9.81 Å². The van der Waals surface area contributed by atoms with Crippen molar-refractivity contribution >= 4 is 200 Å². The molecule has 12 nitrogen and oxygen atoms in total. The van der Waals surface area contributed by atoms with E-state index in [2.05, 4.69) is 0 Å². The molecular weight excluding hydrogens is 1300 g/mol. The van der Waals surface area contributed by atoms with Crippen LogP contribution in [0, 0.1) is 0 Å². The maximum absolute atomic E-state index is 6.87. The summed E-state index contributed by atoms with van der Waals surface area (Å²) in [5, 5.41) is 1.23. The zero-order valence-electron chi connectivity index (χ0n) is 44.9. The van der Waals surface area contributed by atoms with Gasteiger partial charge in [0.05, 0.1) is 25.6 Å². The average molecular weight is 1390 g/mol. The van der Waals surface area contributed by atoms with Gasteiger partial charge in [-0.2, -0.15) is 0 Å². The van der Waals surface area contributed by atoms with Crippen LogP contribution in [0.3, 0.4) is 0 Å². The van der Waals surface area contributed by atoms with Gasteiger partial charge in [0.25, 0.3) is 0 Å². The van der Waals surface area contributed by atoms with Crippen molar-refractivity contribution in [2.24, 2.45) is 0 Å². The molecule has 1 rings (SSSR count). The Morgan fingerprint density at radius 1 is 0.361 bits per heavy atom. The van der Waals surface area contributed by atoms with Crippen molar-refractivity contribution in [3.63, 3.8) is 0 Å². The Balaban J connectivity index is 5.67. The van der Waals surface area contributed by atoms with Gasteiger partial charge >= 0.3 is 35.2 Å². The van der Waals surface area contributed by atoms with Gasteiger partial charge in [0.2, 0.25) is 0 Å². The molecule has 4 atom stereocenters. The highest BCUT2D eigenvalue weighted by Gasteiger charge is 2.69. The van der Waals surface area contributed by atoms with Crippen molar-refractivity contribution in [2.45, 2.75) is 145 Å². The molecule has 0 heterocycles. The van der Waals surface area contributed by atoms with E-state index in [0.717, 1.165) is 54.8 Å². The van der Waals surface area contributed by atoms with E-state index in [-0.39, 0.29) is 5.38 Å². The Morgan fingerprint density at radius 3 is 0.875 bits per heavy atom. The Bertz CT molecular complexity index is 1410. The number of hydrogen-bond donors (Lipinski definition) is 8. The molecule has 0 bridgehead atoms. The first-order valence-electron chi connectivity index (χ1n) is 25.1.